The van der Waals surface area contributed by atoms with Gasteiger partial charge in [-0.2, -0.15) is 5.26 Å². The maximum absolute atomic E-state index is 12.7. The molecule has 1 N–H and O–H groups in total. The number of rotatable bonds is 7. The van der Waals surface area contributed by atoms with Crippen LogP contribution in [0, 0.1) is 22.8 Å². The van der Waals surface area contributed by atoms with Crippen molar-refractivity contribution in [1.82, 2.24) is 10.3 Å². The van der Waals surface area contributed by atoms with E-state index in [-0.39, 0.29) is 0 Å². The molecule has 0 aliphatic heterocycles. The van der Waals surface area contributed by atoms with Crippen molar-refractivity contribution in [2.45, 2.75) is 37.5 Å². The molecule has 0 fully saturated rings. The number of aromatic nitrogens is 1. The summed E-state index contributed by atoms with van der Waals surface area (Å²) in [5, 5.41) is 16.4. The van der Waals surface area contributed by atoms with E-state index in [1.54, 1.807) is 18.5 Å². The lowest BCUT2D eigenvalue weighted by molar-refractivity contribution is -0.125. The molecule has 1 aromatic heterocycles. The summed E-state index contributed by atoms with van der Waals surface area (Å²) in [7, 11) is -0.128. The van der Waals surface area contributed by atoms with Crippen LogP contribution >= 0.6 is 11.8 Å². The molecule has 9 heteroatoms. The van der Waals surface area contributed by atoms with Gasteiger partial charge in [-0.3, -0.25) is 9.78 Å². The predicted molar refractivity (Wildman–Crippen MR) is 128 cm³/mol. The van der Waals surface area contributed by atoms with Gasteiger partial charge in [0.2, 0.25) is 5.44 Å². The normalized spacial score (nSPS) is 14.1. The van der Waals surface area contributed by atoms with Crippen LogP contribution < -0.4 is 10.1 Å². The standard InChI is InChI=1S/C22H26N4O3SSi/c1-22(14-23,15-25-28-2)26-20(27)21(30-3)29-18-7-8-19-17(12-18)11-16(13-24-19)9-10-31(4,5)6/h7-8,11-13,15,21H,1-6H3,(H,26,27)/b25-15+. The summed E-state index contributed by atoms with van der Waals surface area (Å²) in [5.41, 5.74) is 2.81. The molecule has 2 rings (SSSR count). The van der Waals surface area contributed by atoms with E-state index in [4.69, 9.17) is 4.74 Å². The van der Waals surface area contributed by atoms with Crippen molar-refractivity contribution in [3.63, 3.8) is 0 Å². The maximum Gasteiger partial charge on any atom is 0.273 e. The Morgan fingerprint density at radius 2 is 2.13 bits per heavy atom. The first kappa shape index (κ1) is 24.3. The van der Waals surface area contributed by atoms with Crippen molar-refractivity contribution in [3.8, 4) is 23.3 Å². The van der Waals surface area contributed by atoms with Gasteiger partial charge >= 0.3 is 0 Å². The molecular weight excluding hydrogens is 428 g/mol. The second kappa shape index (κ2) is 10.3. The molecule has 2 aromatic rings. The number of ether oxygens (including phenoxy) is 1. The third-order valence-corrected chi connectivity index (χ3v) is 5.55. The highest BCUT2D eigenvalue weighted by Gasteiger charge is 2.29. The molecule has 0 saturated carbocycles. The minimum atomic E-state index is -1.49. The predicted octanol–water partition coefficient (Wildman–Crippen LogP) is 3.56. The Morgan fingerprint density at radius 1 is 1.39 bits per heavy atom. The number of benzene rings is 1. The Kier molecular flexibility index (Phi) is 8.09. The van der Waals surface area contributed by atoms with Gasteiger partial charge in [-0.05, 0) is 37.4 Å². The number of nitrogens with one attached hydrogen (secondary N) is 1. The van der Waals surface area contributed by atoms with Gasteiger partial charge in [-0.25, -0.2) is 0 Å². The average molecular weight is 455 g/mol. The molecule has 2 atom stereocenters. The highest BCUT2D eigenvalue weighted by atomic mass is 32.2. The van der Waals surface area contributed by atoms with Crippen molar-refractivity contribution in [2.24, 2.45) is 5.16 Å². The summed E-state index contributed by atoms with van der Waals surface area (Å²) in [6, 6.07) is 9.38. The van der Waals surface area contributed by atoms with Gasteiger partial charge in [0.25, 0.3) is 5.91 Å². The Morgan fingerprint density at radius 3 is 2.74 bits per heavy atom. The Labute approximate surface area is 188 Å². The molecule has 1 amide bonds. The zero-order chi connectivity index (χ0) is 23.1. The molecule has 2 unspecified atom stereocenters. The van der Waals surface area contributed by atoms with E-state index in [0.717, 1.165) is 16.5 Å². The second-order valence-electron chi connectivity index (χ2n) is 7.98. The summed E-state index contributed by atoms with van der Waals surface area (Å²) < 4.78 is 5.89. The summed E-state index contributed by atoms with van der Waals surface area (Å²) in [5.74, 6) is 3.27. The number of nitrogens with zero attached hydrogens (tertiary/aromatic N) is 3. The number of oxime groups is 1. The van der Waals surface area contributed by atoms with Crippen LogP contribution in [0.2, 0.25) is 19.6 Å². The van der Waals surface area contributed by atoms with E-state index in [0.29, 0.717) is 5.75 Å². The van der Waals surface area contributed by atoms with Crippen molar-refractivity contribution in [3.05, 3.63) is 36.0 Å². The molecule has 7 nitrogen and oxygen atoms in total. The summed E-state index contributed by atoms with van der Waals surface area (Å²) in [6.07, 6.45) is 4.75. The molecule has 0 radical (unpaired) electrons. The van der Waals surface area contributed by atoms with Crippen LogP contribution in [-0.2, 0) is 9.63 Å². The van der Waals surface area contributed by atoms with E-state index in [1.807, 2.05) is 24.3 Å². The van der Waals surface area contributed by atoms with Crippen LogP contribution in [-0.4, -0.2) is 49.5 Å². The number of hydrogen-bond donors (Lipinski definition) is 1. The lowest BCUT2D eigenvalue weighted by atomic mass is 10.1. The molecule has 0 bridgehead atoms. The van der Waals surface area contributed by atoms with Crippen LogP contribution in [0.5, 0.6) is 5.75 Å². The highest BCUT2D eigenvalue weighted by molar-refractivity contribution is 7.99. The molecule has 1 heterocycles. The lowest BCUT2D eigenvalue weighted by Crippen LogP contribution is -2.50. The highest BCUT2D eigenvalue weighted by Crippen LogP contribution is 2.23. The minimum absolute atomic E-state index is 0.452. The fraction of sp³-hybridized carbons (Fsp3) is 0.364. The van der Waals surface area contributed by atoms with Gasteiger partial charge in [0.15, 0.2) is 5.54 Å². The van der Waals surface area contributed by atoms with Gasteiger partial charge < -0.3 is 14.9 Å². The monoisotopic (exact) mass is 454 g/mol. The Balaban J connectivity index is 2.23. The van der Waals surface area contributed by atoms with Crippen molar-refractivity contribution in [1.29, 1.82) is 5.26 Å². The smallest absolute Gasteiger partial charge is 0.273 e. The van der Waals surface area contributed by atoms with Crippen molar-refractivity contribution in [2.75, 3.05) is 13.4 Å². The van der Waals surface area contributed by atoms with Crippen LogP contribution in [0.15, 0.2) is 35.6 Å². The number of hydrogen-bond acceptors (Lipinski definition) is 7. The first-order valence-electron chi connectivity index (χ1n) is 9.52. The van der Waals surface area contributed by atoms with E-state index >= 15 is 0 Å². The summed E-state index contributed by atoms with van der Waals surface area (Å²) in [6.45, 7) is 8.08. The van der Waals surface area contributed by atoms with E-state index < -0.39 is 25.0 Å². The largest absolute Gasteiger partial charge is 0.470 e. The van der Waals surface area contributed by atoms with E-state index in [9.17, 15) is 10.1 Å². The summed E-state index contributed by atoms with van der Waals surface area (Å²) in [4.78, 5) is 21.7. The SMILES string of the molecule is CO/N=C/C(C)(C#N)NC(=O)C(Oc1ccc2ncc(C#C[Si](C)(C)C)cc2c1)SC. The number of thioether (sulfide) groups is 1. The van der Waals surface area contributed by atoms with E-state index in [1.165, 1.54) is 32.0 Å². The van der Waals surface area contributed by atoms with Crippen LogP contribution in [0.25, 0.3) is 10.9 Å². The molecule has 1 aromatic carbocycles. The van der Waals surface area contributed by atoms with Gasteiger partial charge in [-0.1, -0.05) is 30.7 Å². The molecule has 31 heavy (non-hydrogen) atoms. The maximum atomic E-state index is 12.7. The van der Waals surface area contributed by atoms with Crippen molar-refractivity contribution < 1.29 is 14.4 Å². The fourth-order valence-electron chi connectivity index (χ4n) is 2.41. The van der Waals surface area contributed by atoms with Gasteiger partial charge in [0.05, 0.1) is 17.8 Å². The number of fused-ring (bicyclic) bond motifs is 1. The zero-order valence-corrected chi connectivity index (χ0v) is 20.3. The van der Waals surface area contributed by atoms with Crippen LogP contribution in [0.3, 0.4) is 0 Å². The quantitative estimate of drug-likeness (QED) is 0.226. The molecular formula is C22H26N4O3SSi. The third-order valence-electron chi connectivity index (χ3n) is 3.94. The van der Waals surface area contributed by atoms with Crippen molar-refractivity contribution >= 4 is 42.9 Å². The molecule has 0 spiro atoms. The number of carbonyl (C=O) groups is 1. The van der Waals surface area contributed by atoms with Gasteiger partial charge in [-0.15, -0.1) is 17.3 Å². The second-order valence-corrected chi connectivity index (χ2v) is 13.6. The van der Waals surface area contributed by atoms with Gasteiger partial charge in [0.1, 0.15) is 20.9 Å². The first-order chi connectivity index (χ1) is 14.6. The fourth-order valence-corrected chi connectivity index (χ4v) is 3.41. The Hall–Kier alpha value is -3.01. The topological polar surface area (TPSA) is 96.6 Å². The lowest BCUT2D eigenvalue weighted by Gasteiger charge is -2.22. The number of carbonyl (C=O) groups excluding carboxylic acids is 1. The first-order valence-corrected chi connectivity index (χ1v) is 14.3. The molecule has 162 valence electrons. The van der Waals surface area contributed by atoms with Crippen LogP contribution in [0.1, 0.15) is 12.5 Å². The third kappa shape index (κ3) is 7.32. The Bertz CT molecular complexity index is 1080. The average Bonchev–Trinajstić information content (AvgIpc) is 2.73. The van der Waals surface area contributed by atoms with Crippen LogP contribution in [0.4, 0.5) is 0 Å². The molecule has 0 aliphatic carbocycles. The van der Waals surface area contributed by atoms with Gasteiger partial charge in [0, 0.05) is 17.1 Å². The number of amides is 1. The molecule has 0 saturated heterocycles. The minimum Gasteiger partial charge on any atom is -0.470 e. The zero-order valence-electron chi connectivity index (χ0n) is 18.5. The number of nitriles is 1. The van der Waals surface area contributed by atoms with E-state index in [2.05, 4.69) is 51.4 Å². The molecule has 0 aliphatic rings. The summed E-state index contributed by atoms with van der Waals surface area (Å²) >= 11 is 1.21. The number of pyridine rings is 1.